The summed E-state index contributed by atoms with van der Waals surface area (Å²) in [5, 5.41) is -0.595. The number of hydrogen-bond acceptors (Lipinski definition) is 2. The van der Waals surface area contributed by atoms with E-state index in [0.29, 0.717) is 6.61 Å². The van der Waals surface area contributed by atoms with Crippen LogP contribution in [0.25, 0.3) is 0 Å². The summed E-state index contributed by atoms with van der Waals surface area (Å²) < 4.78 is 43.0. The molecule has 6 heteroatoms. The van der Waals surface area contributed by atoms with Crippen LogP contribution in [-0.4, -0.2) is 11.6 Å². The summed E-state index contributed by atoms with van der Waals surface area (Å²) in [6.07, 6.45) is -2.09. The lowest BCUT2D eigenvalue weighted by molar-refractivity contribution is -0.137. The van der Waals surface area contributed by atoms with E-state index in [2.05, 4.69) is 11.2 Å². The van der Waals surface area contributed by atoms with E-state index >= 15 is 0 Å². The van der Waals surface area contributed by atoms with Gasteiger partial charge in [0.1, 0.15) is 5.15 Å². The molecule has 1 aromatic heterocycles. The maximum absolute atomic E-state index is 12.6. The van der Waals surface area contributed by atoms with Crippen LogP contribution in [0, 0.1) is 11.6 Å². The van der Waals surface area contributed by atoms with Crippen molar-refractivity contribution in [3.8, 4) is 0 Å². The molecule has 0 saturated heterocycles. The lowest BCUT2D eigenvalue weighted by atomic mass is 9.99. The molecular formula is C12H14ClF3NO. The molecule has 0 aliphatic carbocycles. The maximum atomic E-state index is 12.6. The van der Waals surface area contributed by atoms with Gasteiger partial charge in [-0.2, -0.15) is 13.2 Å². The Kier molecular flexibility index (Phi) is 4.61. The molecule has 0 aliphatic rings. The largest absolute Gasteiger partial charge is 0.419 e. The SMILES string of the molecule is CC(C)(C)COCc1[c]nc(Cl)c(C(F)(F)F)c1. The van der Waals surface area contributed by atoms with Gasteiger partial charge in [-0.1, -0.05) is 32.4 Å². The van der Waals surface area contributed by atoms with Gasteiger partial charge in [0.2, 0.25) is 0 Å². The third kappa shape index (κ3) is 4.82. The number of pyridine rings is 1. The van der Waals surface area contributed by atoms with Crippen molar-refractivity contribution in [3.63, 3.8) is 0 Å². The predicted molar refractivity (Wildman–Crippen MR) is 62.2 cm³/mol. The average molecular weight is 281 g/mol. The highest BCUT2D eigenvalue weighted by Crippen LogP contribution is 2.33. The summed E-state index contributed by atoms with van der Waals surface area (Å²) in [6, 6.07) is 0.915. The lowest BCUT2D eigenvalue weighted by Gasteiger charge is -2.18. The van der Waals surface area contributed by atoms with Gasteiger partial charge in [0.15, 0.2) is 0 Å². The summed E-state index contributed by atoms with van der Waals surface area (Å²) in [4.78, 5) is 3.40. The van der Waals surface area contributed by atoms with Crippen LogP contribution in [-0.2, 0) is 17.5 Å². The van der Waals surface area contributed by atoms with Crippen molar-refractivity contribution in [3.05, 3.63) is 28.5 Å². The van der Waals surface area contributed by atoms with E-state index in [1.54, 1.807) is 0 Å². The normalized spacial score (nSPS) is 12.8. The molecule has 1 rings (SSSR count). The maximum Gasteiger partial charge on any atom is 0.419 e. The first-order chi connectivity index (χ1) is 8.09. The molecule has 0 bridgehead atoms. The van der Waals surface area contributed by atoms with Crippen LogP contribution in [0.2, 0.25) is 5.15 Å². The quantitative estimate of drug-likeness (QED) is 0.777. The third-order valence-corrected chi connectivity index (χ3v) is 2.22. The predicted octanol–water partition coefficient (Wildman–Crippen LogP) is 4.12. The zero-order valence-corrected chi connectivity index (χ0v) is 11.1. The first-order valence-corrected chi connectivity index (χ1v) is 5.69. The second-order valence-electron chi connectivity index (χ2n) is 5.15. The van der Waals surface area contributed by atoms with Gasteiger partial charge in [0.05, 0.1) is 25.0 Å². The van der Waals surface area contributed by atoms with E-state index < -0.39 is 16.9 Å². The molecule has 0 unspecified atom stereocenters. The van der Waals surface area contributed by atoms with Crippen molar-refractivity contribution < 1.29 is 17.9 Å². The summed E-state index contributed by atoms with van der Waals surface area (Å²) in [7, 11) is 0. The molecule has 1 radical (unpaired) electrons. The van der Waals surface area contributed by atoms with Gasteiger partial charge >= 0.3 is 6.18 Å². The second kappa shape index (κ2) is 5.45. The van der Waals surface area contributed by atoms with Crippen molar-refractivity contribution in [1.29, 1.82) is 0 Å². The van der Waals surface area contributed by atoms with Crippen molar-refractivity contribution in [1.82, 2.24) is 4.98 Å². The number of ether oxygens (including phenoxy) is 1. The van der Waals surface area contributed by atoms with Crippen molar-refractivity contribution in [2.75, 3.05) is 6.61 Å². The van der Waals surface area contributed by atoms with Gasteiger partial charge in [-0.25, -0.2) is 4.98 Å². The van der Waals surface area contributed by atoms with Gasteiger partial charge in [-0.15, -0.1) is 0 Å². The first kappa shape index (κ1) is 15.2. The first-order valence-electron chi connectivity index (χ1n) is 5.31. The lowest BCUT2D eigenvalue weighted by Crippen LogP contribution is -2.15. The molecule has 0 spiro atoms. The van der Waals surface area contributed by atoms with E-state index in [1.807, 2.05) is 20.8 Å². The Morgan fingerprint density at radius 2 is 1.94 bits per heavy atom. The molecule has 0 amide bonds. The fraction of sp³-hybridized carbons (Fsp3) is 0.583. The Bertz CT molecular complexity index is 413. The van der Waals surface area contributed by atoms with Crippen molar-refractivity contribution in [2.24, 2.45) is 5.41 Å². The summed E-state index contributed by atoms with van der Waals surface area (Å²) in [5.41, 5.74) is -0.777. The summed E-state index contributed by atoms with van der Waals surface area (Å²) >= 11 is 5.38. The highest BCUT2D eigenvalue weighted by molar-refractivity contribution is 6.30. The Morgan fingerprint density at radius 1 is 1.33 bits per heavy atom. The molecule has 18 heavy (non-hydrogen) atoms. The molecule has 1 aromatic rings. The minimum atomic E-state index is -4.52. The molecule has 1 heterocycles. The van der Waals surface area contributed by atoms with E-state index in [9.17, 15) is 13.2 Å². The zero-order valence-electron chi connectivity index (χ0n) is 10.4. The van der Waals surface area contributed by atoms with Crippen LogP contribution in [0.15, 0.2) is 6.07 Å². The van der Waals surface area contributed by atoms with Crippen LogP contribution in [0.3, 0.4) is 0 Å². The van der Waals surface area contributed by atoms with Gasteiger partial charge in [0.25, 0.3) is 0 Å². The third-order valence-electron chi connectivity index (χ3n) is 1.94. The molecular weight excluding hydrogens is 267 g/mol. The van der Waals surface area contributed by atoms with Crippen LogP contribution in [0.1, 0.15) is 31.9 Å². The molecule has 0 fully saturated rings. The Labute approximate surface area is 109 Å². The van der Waals surface area contributed by atoms with Gasteiger partial charge in [0, 0.05) is 5.56 Å². The molecule has 0 aromatic carbocycles. The van der Waals surface area contributed by atoms with Crippen LogP contribution in [0.5, 0.6) is 0 Å². The van der Waals surface area contributed by atoms with E-state index in [4.69, 9.17) is 16.3 Å². The van der Waals surface area contributed by atoms with Gasteiger partial charge in [-0.3, -0.25) is 0 Å². The molecule has 0 N–H and O–H groups in total. The minimum absolute atomic E-state index is 0.0323. The van der Waals surface area contributed by atoms with Gasteiger partial charge in [-0.05, 0) is 11.5 Å². The number of hydrogen-bond donors (Lipinski definition) is 0. The Morgan fingerprint density at radius 3 is 2.44 bits per heavy atom. The molecule has 0 saturated carbocycles. The van der Waals surface area contributed by atoms with E-state index in [1.165, 1.54) is 0 Å². The number of alkyl halides is 3. The van der Waals surface area contributed by atoms with Gasteiger partial charge < -0.3 is 4.74 Å². The standard InChI is InChI=1S/C12H14ClF3NO/c1-11(2,3)7-18-6-8-4-9(12(14,15)16)10(13)17-5-8/h4H,6-7H2,1-3H3. The minimum Gasteiger partial charge on any atom is -0.376 e. The van der Waals surface area contributed by atoms with Crippen LogP contribution in [0.4, 0.5) is 13.2 Å². The van der Waals surface area contributed by atoms with E-state index in [0.717, 1.165) is 6.07 Å². The second-order valence-corrected chi connectivity index (χ2v) is 5.51. The number of rotatable bonds is 3. The highest BCUT2D eigenvalue weighted by Gasteiger charge is 2.34. The fourth-order valence-electron chi connectivity index (χ4n) is 1.19. The molecule has 2 nitrogen and oxygen atoms in total. The number of aromatic nitrogens is 1. The van der Waals surface area contributed by atoms with Crippen molar-refractivity contribution >= 4 is 11.6 Å². The Balaban J connectivity index is 2.74. The molecule has 0 aliphatic heterocycles. The van der Waals surface area contributed by atoms with Crippen LogP contribution < -0.4 is 0 Å². The van der Waals surface area contributed by atoms with Crippen LogP contribution >= 0.6 is 11.6 Å². The topological polar surface area (TPSA) is 22.1 Å². The molecule has 0 atom stereocenters. The molecule has 101 valence electrons. The van der Waals surface area contributed by atoms with Crippen molar-refractivity contribution in [2.45, 2.75) is 33.6 Å². The smallest absolute Gasteiger partial charge is 0.376 e. The summed E-state index contributed by atoms with van der Waals surface area (Å²) in [6.45, 7) is 6.38. The highest BCUT2D eigenvalue weighted by atomic mass is 35.5. The number of halogens is 4. The Hall–Kier alpha value is -0.810. The average Bonchev–Trinajstić information content (AvgIpc) is 2.17. The zero-order chi connectivity index (χ0) is 14.0. The monoisotopic (exact) mass is 280 g/mol. The number of nitrogens with zero attached hydrogens (tertiary/aromatic N) is 1. The fourth-order valence-corrected chi connectivity index (χ4v) is 1.39. The van der Waals surface area contributed by atoms with E-state index in [-0.39, 0.29) is 17.6 Å². The summed E-state index contributed by atoms with van der Waals surface area (Å²) in [5.74, 6) is 0.